The fraction of sp³-hybridized carbons (Fsp3) is 0.417. The van der Waals surface area contributed by atoms with E-state index in [9.17, 15) is 20.0 Å². The van der Waals surface area contributed by atoms with E-state index in [-0.39, 0.29) is 5.69 Å². The van der Waals surface area contributed by atoms with Gasteiger partial charge in [-0.15, -0.1) is 0 Å². The number of carboxylic acids is 1. The number of hydrogen-bond donors (Lipinski definition) is 1. The molecule has 0 aliphatic carbocycles. The highest BCUT2D eigenvalue weighted by atomic mass is 16.6. The molecular weight excluding hydrogens is 236 g/mol. The van der Waals surface area contributed by atoms with Crippen LogP contribution in [0.4, 0.5) is 11.4 Å². The number of anilines is 1. The van der Waals surface area contributed by atoms with Crippen LogP contribution in [0.25, 0.3) is 0 Å². The fourth-order valence-electron chi connectivity index (χ4n) is 2.28. The predicted octanol–water partition coefficient (Wildman–Crippen LogP) is 2.04. The summed E-state index contributed by atoms with van der Waals surface area (Å²) in [5.41, 5.74) is 0.596. The van der Waals surface area contributed by atoms with Gasteiger partial charge in [-0.05, 0) is 25.3 Å². The van der Waals surface area contributed by atoms with Crippen LogP contribution >= 0.6 is 0 Å². The van der Waals surface area contributed by atoms with Crippen LogP contribution in [-0.2, 0) is 4.79 Å². The van der Waals surface area contributed by atoms with E-state index in [1.165, 1.54) is 12.1 Å². The third-order valence-electron chi connectivity index (χ3n) is 3.16. The molecule has 0 spiro atoms. The maximum Gasteiger partial charge on any atom is 0.326 e. The second kappa shape index (κ2) is 5.03. The standard InChI is InChI=1S/C12H14N2O4/c15-12(16)11-6-1-2-7-13(11)9-4-3-5-10(8-9)14(17)18/h3-5,8,11H,1-2,6-7H2,(H,15,16). The molecular formula is C12H14N2O4. The van der Waals surface area contributed by atoms with Gasteiger partial charge in [0.2, 0.25) is 0 Å². The van der Waals surface area contributed by atoms with E-state index < -0.39 is 16.9 Å². The third kappa shape index (κ3) is 2.42. The average molecular weight is 250 g/mol. The van der Waals surface area contributed by atoms with Crippen molar-refractivity contribution in [2.24, 2.45) is 0 Å². The van der Waals surface area contributed by atoms with E-state index in [2.05, 4.69) is 0 Å². The molecule has 2 rings (SSSR count). The number of rotatable bonds is 3. The van der Waals surface area contributed by atoms with Crippen molar-refractivity contribution in [2.75, 3.05) is 11.4 Å². The monoisotopic (exact) mass is 250 g/mol. The topological polar surface area (TPSA) is 83.7 Å². The Morgan fingerprint density at radius 3 is 2.89 bits per heavy atom. The van der Waals surface area contributed by atoms with E-state index >= 15 is 0 Å². The minimum atomic E-state index is -0.874. The Hall–Kier alpha value is -2.11. The Labute approximate surface area is 104 Å². The molecule has 0 amide bonds. The van der Waals surface area contributed by atoms with Crippen LogP contribution in [0, 0.1) is 10.1 Å². The van der Waals surface area contributed by atoms with Crippen LogP contribution in [0.2, 0.25) is 0 Å². The van der Waals surface area contributed by atoms with Gasteiger partial charge in [-0.1, -0.05) is 6.07 Å². The molecule has 1 N–H and O–H groups in total. The van der Waals surface area contributed by atoms with Gasteiger partial charge in [0.25, 0.3) is 5.69 Å². The molecule has 1 aliphatic rings. The van der Waals surface area contributed by atoms with Gasteiger partial charge in [0.1, 0.15) is 6.04 Å². The third-order valence-corrected chi connectivity index (χ3v) is 3.16. The van der Waals surface area contributed by atoms with Gasteiger partial charge in [0, 0.05) is 24.4 Å². The first kappa shape index (κ1) is 12.3. The van der Waals surface area contributed by atoms with Gasteiger partial charge < -0.3 is 10.0 Å². The van der Waals surface area contributed by atoms with Crippen LogP contribution < -0.4 is 4.90 Å². The van der Waals surface area contributed by atoms with E-state index in [4.69, 9.17) is 0 Å². The van der Waals surface area contributed by atoms with Crippen molar-refractivity contribution in [1.82, 2.24) is 0 Å². The van der Waals surface area contributed by atoms with E-state index in [1.807, 2.05) is 0 Å². The number of nitro benzene ring substituents is 1. The lowest BCUT2D eigenvalue weighted by atomic mass is 10.0. The number of carboxylic acid groups (broad SMARTS) is 1. The molecule has 0 saturated carbocycles. The zero-order valence-corrected chi connectivity index (χ0v) is 9.78. The zero-order chi connectivity index (χ0) is 13.1. The molecule has 1 aromatic carbocycles. The van der Waals surface area contributed by atoms with E-state index in [0.717, 1.165) is 12.8 Å². The summed E-state index contributed by atoms with van der Waals surface area (Å²) in [6.45, 7) is 0.623. The van der Waals surface area contributed by atoms with Gasteiger partial charge in [0.15, 0.2) is 0 Å². The first-order chi connectivity index (χ1) is 8.59. The van der Waals surface area contributed by atoms with Crippen LogP contribution in [0.15, 0.2) is 24.3 Å². The van der Waals surface area contributed by atoms with Crippen molar-refractivity contribution in [3.05, 3.63) is 34.4 Å². The molecule has 6 nitrogen and oxygen atoms in total. The van der Waals surface area contributed by atoms with Gasteiger partial charge in [-0.3, -0.25) is 10.1 Å². The Morgan fingerprint density at radius 1 is 1.44 bits per heavy atom. The molecule has 1 unspecified atom stereocenters. The van der Waals surface area contributed by atoms with Crippen molar-refractivity contribution in [3.8, 4) is 0 Å². The highest BCUT2D eigenvalue weighted by Gasteiger charge is 2.29. The van der Waals surface area contributed by atoms with Crippen LogP contribution in [0.1, 0.15) is 19.3 Å². The van der Waals surface area contributed by atoms with E-state index in [1.54, 1.807) is 17.0 Å². The second-order valence-corrected chi connectivity index (χ2v) is 4.32. The van der Waals surface area contributed by atoms with E-state index in [0.29, 0.717) is 18.7 Å². The Bertz CT molecular complexity index is 475. The summed E-state index contributed by atoms with van der Waals surface area (Å²) in [5.74, 6) is -0.874. The minimum absolute atomic E-state index is 0.0118. The molecule has 1 atom stereocenters. The van der Waals surface area contributed by atoms with Gasteiger partial charge >= 0.3 is 5.97 Å². The molecule has 6 heteroatoms. The molecule has 1 aliphatic heterocycles. The van der Waals surface area contributed by atoms with Crippen molar-refractivity contribution >= 4 is 17.3 Å². The van der Waals surface area contributed by atoms with Gasteiger partial charge in [-0.25, -0.2) is 4.79 Å². The number of hydrogen-bond acceptors (Lipinski definition) is 4. The number of non-ortho nitro benzene ring substituents is 1. The molecule has 1 aromatic rings. The zero-order valence-electron chi connectivity index (χ0n) is 9.78. The van der Waals surface area contributed by atoms with Crippen molar-refractivity contribution in [1.29, 1.82) is 0 Å². The van der Waals surface area contributed by atoms with Gasteiger partial charge in [-0.2, -0.15) is 0 Å². The summed E-state index contributed by atoms with van der Waals surface area (Å²) < 4.78 is 0. The summed E-state index contributed by atoms with van der Waals surface area (Å²) >= 11 is 0. The summed E-state index contributed by atoms with van der Waals surface area (Å²) in [7, 11) is 0. The van der Waals surface area contributed by atoms with Gasteiger partial charge in [0.05, 0.1) is 4.92 Å². The highest BCUT2D eigenvalue weighted by molar-refractivity contribution is 5.78. The lowest BCUT2D eigenvalue weighted by Gasteiger charge is -2.34. The predicted molar refractivity (Wildman–Crippen MR) is 65.7 cm³/mol. The highest BCUT2D eigenvalue weighted by Crippen LogP contribution is 2.27. The lowest BCUT2D eigenvalue weighted by Crippen LogP contribution is -2.44. The summed E-state index contributed by atoms with van der Waals surface area (Å²) in [6, 6.07) is 5.56. The first-order valence-corrected chi connectivity index (χ1v) is 5.83. The number of nitro groups is 1. The molecule has 1 fully saturated rings. The molecule has 1 heterocycles. The van der Waals surface area contributed by atoms with Crippen LogP contribution in [0.3, 0.4) is 0 Å². The molecule has 0 radical (unpaired) electrons. The molecule has 0 bridgehead atoms. The molecule has 1 saturated heterocycles. The number of aliphatic carboxylic acids is 1. The Morgan fingerprint density at radius 2 is 2.22 bits per heavy atom. The first-order valence-electron chi connectivity index (χ1n) is 5.83. The molecule has 96 valence electrons. The van der Waals surface area contributed by atoms with Crippen molar-refractivity contribution in [3.63, 3.8) is 0 Å². The van der Waals surface area contributed by atoms with Crippen molar-refractivity contribution < 1.29 is 14.8 Å². The lowest BCUT2D eigenvalue weighted by molar-refractivity contribution is -0.384. The maximum atomic E-state index is 11.2. The Balaban J connectivity index is 2.30. The fourth-order valence-corrected chi connectivity index (χ4v) is 2.28. The van der Waals surface area contributed by atoms with Crippen LogP contribution in [0.5, 0.6) is 0 Å². The number of carbonyl (C=O) groups is 1. The summed E-state index contributed by atoms with van der Waals surface area (Å²) in [4.78, 5) is 23.2. The number of piperidine rings is 1. The largest absolute Gasteiger partial charge is 0.480 e. The maximum absolute atomic E-state index is 11.2. The quantitative estimate of drug-likeness (QED) is 0.655. The van der Waals surface area contributed by atoms with Crippen LogP contribution in [-0.4, -0.2) is 28.6 Å². The SMILES string of the molecule is O=C(O)C1CCCCN1c1cccc([N+](=O)[O-])c1. The number of nitrogens with zero attached hydrogens (tertiary/aromatic N) is 2. The van der Waals surface area contributed by atoms with Crippen molar-refractivity contribution in [2.45, 2.75) is 25.3 Å². The summed E-state index contributed by atoms with van der Waals surface area (Å²) in [5, 5.41) is 19.9. The Kier molecular flexibility index (Phi) is 3.45. The smallest absolute Gasteiger partial charge is 0.326 e. The number of benzene rings is 1. The minimum Gasteiger partial charge on any atom is -0.480 e. The normalized spacial score (nSPS) is 19.6. The second-order valence-electron chi connectivity index (χ2n) is 4.32. The molecule has 0 aromatic heterocycles. The molecule has 18 heavy (non-hydrogen) atoms. The summed E-state index contributed by atoms with van der Waals surface area (Å²) in [6.07, 6.45) is 2.37. The average Bonchev–Trinajstić information content (AvgIpc) is 2.39.